The maximum atomic E-state index is 11.9. The molecule has 6 nitrogen and oxygen atoms in total. The van der Waals surface area contributed by atoms with Crippen LogP contribution in [0.1, 0.15) is 30.1 Å². The van der Waals surface area contributed by atoms with Crippen molar-refractivity contribution in [1.82, 2.24) is 5.32 Å². The number of phenolic OH excluding ortho intramolecular Hbond substituents is 1. The summed E-state index contributed by atoms with van der Waals surface area (Å²) in [5, 5.41) is 21.2. The van der Waals surface area contributed by atoms with Gasteiger partial charge in [-0.3, -0.25) is 9.59 Å². The zero-order chi connectivity index (χ0) is 15.1. The number of rotatable bonds is 7. The average Bonchev–Trinajstić information content (AvgIpc) is 2.43. The Balaban J connectivity index is 2.73. The minimum Gasteiger partial charge on any atom is -0.507 e. The number of nitrogens with one attached hydrogen (secondary N) is 1. The zero-order valence-electron chi connectivity index (χ0n) is 11.5. The number of aromatic hydroxyl groups is 1. The van der Waals surface area contributed by atoms with Crippen LogP contribution in [0.3, 0.4) is 0 Å². The molecule has 0 fully saturated rings. The summed E-state index contributed by atoms with van der Waals surface area (Å²) < 4.78 is 4.98. The SMILES string of the molecule is CCCC(CNC(=O)c1cc(OC)ccc1O)C(=O)O. The van der Waals surface area contributed by atoms with Crippen LogP contribution in [0.5, 0.6) is 11.5 Å². The van der Waals surface area contributed by atoms with E-state index >= 15 is 0 Å². The monoisotopic (exact) mass is 281 g/mol. The number of carbonyl (C=O) groups is 2. The van der Waals surface area contributed by atoms with Crippen molar-refractivity contribution in [3.05, 3.63) is 23.8 Å². The highest BCUT2D eigenvalue weighted by Gasteiger charge is 2.19. The van der Waals surface area contributed by atoms with Crippen LogP contribution >= 0.6 is 0 Å². The summed E-state index contributed by atoms with van der Waals surface area (Å²) in [5.41, 5.74) is 0.0602. The standard InChI is InChI=1S/C14H19NO5/c1-3-4-9(14(18)19)8-15-13(17)11-7-10(20-2)5-6-12(11)16/h5-7,9,16H,3-4,8H2,1-2H3,(H,15,17)(H,18,19). The van der Waals surface area contributed by atoms with E-state index in [2.05, 4.69) is 5.32 Å². The van der Waals surface area contributed by atoms with Crippen molar-refractivity contribution >= 4 is 11.9 Å². The number of ether oxygens (including phenoxy) is 1. The lowest BCUT2D eigenvalue weighted by molar-refractivity contribution is -0.141. The molecule has 20 heavy (non-hydrogen) atoms. The van der Waals surface area contributed by atoms with Gasteiger partial charge in [-0.1, -0.05) is 13.3 Å². The molecule has 1 amide bonds. The van der Waals surface area contributed by atoms with Gasteiger partial charge in [0.1, 0.15) is 11.5 Å². The van der Waals surface area contributed by atoms with Crippen LogP contribution in [0.2, 0.25) is 0 Å². The van der Waals surface area contributed by atoms with E-state index in [0.29, 0.717) is 12.2 Å². The Morgan fingerprint density at radius 1 is 1.40 bits per heavy atom. The molecule has 1 aromatic carbocycles. The normalized spacial score (nSPS) is 11.7. The highest BCUT2D eigenvalue weighted by atomic mass is 16.5. The van der Waals surface area contributed by atoms with Gasteiger partial charge in [-0.2, -0.15) is 0 Å². The van der Waals surface area contributed by atoms with Gasteiger partial charge in [0.25, 0.3) is 5.91 Å². The third kappa shape index (κ3) is 4.15. The fourth-order valence-electron chi connectivity index (χ4n) is 1.80. The molecule has 0 heterocycles. The number of amides is 1. The van der Waals surface area contributed by atoms with E-state index in [1.54, 1.807) is 0 Å². The van der Waals surface area contributed by atoms with Crippen LogP contribution in [-0.2, 0) is 4.79 Å². The summed E-state index contributed by atoms with van der Waals surface area (Å²) in [7, 11) is 1.45. The van der Waals surface area contributed by atoms with Crippen molar-refractivity contribution < 1.29 is 24.5 Å². The first-order valence-electron chi connectivity index (χ1n) is 6.37. The fourth-order valence-corrected chi connectivity index (χ4v) is 1.80. The third-order valence-electron chi connectivity index (χ3n) is 2.94. The Morgan fingerprint density at radius 3 is 2.65 bits per heavy atom. The number of carbonyl (C=O) groups excluding carboxylic acids is 1. The fraction of sp³-hybridized carbons (Fsp3) is 0.429. The molecule has 0 aliphatic heterocycles. The molecule has 0 radical (unpaired) electrons. The third-order valence-corrected chi connectivity index (χ3v) is 2.94. The highest BCUT2D eigenvalue weighted by molar-refractivity contribution is 5.97. The lowest BCUT2D eigenvalue weighted by Gasteiger charge is -2.13. The first-order valence-corrected chi connectivity index (χ1v) is 6.37. The van der Waals surface area contributed by atoms with E-state index in [1.165, 1.54) is 25.3 Å². The number of methoxy groups -OCH3 is 1. The Kier molecular flexibility index (Phi) is 5.83. The van der Waals surface area contributed by atoms with Crippen molar-refractivity contribution in [2.75, 3.05) is 13.7 Å². The first-order chi connectivity index (χ1) is 9.49. The van der Waals surface area contributed by atoms with Crippen molar-refractivity contribution in [3.63, 3.8) is 0 Å². The van der Waals surface area contributed by atoms with Crippen LogP contribution in [0, 0.1) is 5.92 Å². The second kappa shape index (κ2) is 7.37. The number of hydrogen-bond acceptors (Lipinski definition) is 4. The molecular formula is C14H19NO5. The predicted octanol–water partition coefficient (Wildman–Crippen LogP) is 1.63. The Bertz CT molecular complexity index is 486. The van der Waals surface area contributed by atoms with Crippen molar-refractivity contribution in [2.24, 2.45) is 5.92 Å². The van der Waals surface area contributed by atoms with Crippen LogP contribution in [-0.4, -0.2) is 35.7 Å². The minimum absolute atomic E-state index is 0.0264. The maximum absolute atomic E-state index is 11.9. The number of benzene rings is 1. The van der Waals surface area contributed by atoms with E-state index in [4.69, 9.17) is 9.84 Å². The molecule has 0 saturated heterocycles. The van der Waals surface area contributed by atoms with Gasteiger partial charge >= 0.3 is 5.97 Å². The molecule has 3 N–H and O–H groups in total. The Hall–Kier alpha value is -2.24. The zero-order valence-corrected chi connectivity index (χ0v) is 11.5. The Morgan fingerprint density at radius 2 is 2.10 bits per heavy atom. The number of carboxylic acids is 1. The Labute approximate surface area is 117 Å². The van der Waals surface area contributed by atoms with Gasteiger partial charge in [0.2, 0.25) is 0 Å². The number of hydrogen-bond donors (Lipinski definition) is 3. The molecular weight excluding hydrogens is 262 g/mol. The van der Waals surface area contributed by atoms with E-state index < -0.39 is 17.8 Å². The smallest absolute Gasteiger partial charge is 0.308 e. The van der Waals surface area contributed by atoms with Crippen molar-refractivity contribution in [2.45, 2.75) is 19.8 Å². The molecule has 1 unspecified atom stereocenters. The van der Waals surface area contributed by atoms with Gasteiger partial charge in [0, 0.05) is 6.54 Å². The largest absolute Gasteiger partial charge is 0.507 e. The molecule has 1 aromatic rings. The van der Waals surface area contributed by atoms with Crippen LogP contribution in [0.4, 0.5) is 0 Å². The molecule has 0 aromatic heterocycles. The predicted molar refractivity (Wildman–Crippen MR) is 73.0 cm³/mol. The maximum Gasteiger partial charge on any atom is 0.308 e. The molecule has 0 aliphatic carbocycles. The molecule has 0 aliphatic rings. The summed E-state index contributed by atoms with van der Waals surface area (Å²) >= 11 is 0. The lowest BCUT2D eigenvalue weighted by atomic mass is 10.0. The summed E-state index contributed by atoms with van der Waals surface area (Å²) in [6.07, 6.45) is 1.21. The van der Waals surface area contributed by atoms with Gasteiger partial charge in [-0.05, 0) is 24.6 Å². The molecule has 1 rings (SSSR count). The molecule has 0 spiro atoms. The van der Waals surface area contributed by atoms with Crippen molar-refractivity contribution in [3.8, 4) is 11.5 Å². The number of aliphatic carboxylic acids is 1. The summed E-state index contributed by atoms with van der Waals surface area (Å²) in [6.45, 7) is 1.91. The number of phenols is 1. The topological polar surface area (TPSA) is 95.9 Å². The van der Waals surface area contributed by atoms with E-state index in [0.717, 1.165) is 6.42 Å². The molecule has 110 valence electrons. The minimum atomic E-state index is -0.943. The van der Waals surface area contributed by atoms with E-state index in [1.807, 2.05) is 6.92 Å². The van der Waals surface area contributed by atoms with Crippen molar-refractivity contribution in [1.29, 1.82) is 0 Å². The number of carboxylic acid groups (broad SMARTS) is 1. The van der Waals surface area contributed by atoms with Crippen LogP contribution in [0.15, 0.2) is 18.2 Å². The van der Waals surface area contributed by atoms with Gasteiger partial charge in [0.05, 0.1) is 18.6 Å². The van der Waals surface area contributed by atoms with Gasteiger partial charge < -0.3 is 20.3 Å². The van der Waals surface area contributed by atoms with Crippen LogP contribution in [0.25, 0.3) is 0 Å². The second-order valence-electron chi connectivity index (χ2n) is 4.42. The highest BCUT2D eigenvalue weighted by Crippen LogP contribution is 2.22. The average molecular weight is 281 g/mol. The lowest BCUT2D eigenvalue weighted by Crippen LogP contribution is -2.33. The summed E-state index contributed by atoms with van der Waals surface area (Å²) in [4.78, 5) is 22.9. The molecule has 0 bridgehead atoms. The van der Waals surface area contributed by atoms with Crippen LogP contribution < -0.4 is 10.1 Å². The van der Waals surface area contributed by atoms with Gasteiger partial charge in [0.15, 0.2) is 0 Å². The first kappa shape index (κ1) is 15.8. The van der Waals surface area contributed by atoms with E-state index in [9.17, 15) is 14.7 Å². The molecule has 1 atom stereocenters. The quantitative estimate of drug-likeness (QED) is 0.706. The van der Waals surface area contributed by atoms with E-state index in [-0.39, 0.29) is 17.9 Å². The van der Waals surface area contributed by atoms with Gasteiger partial charge in [-0.15, -0.1) is 0 Å². The second-order valence-corrected chi connectivity index (χ2v) is 4.42. The molecule has 0 saturated carbocycles. The molecule has 6 heteroatoms. The summed E-state index contributed by atoms with van der Waals surface area (Å²) in [6, 6.07) is 4.29. The van der Waals surface area contributed by atoms with Gasteiger partial charge in [-0.25, -0.2) is 0 Å². The summed E-state index contributed by atoms with van der Waals surface area (Å²) in [5.74, 6) is -1.83.